The highest BCUT2D eigenvalue weighted by Gasteiger charge is 2.18. The lowest BCUT2D eigenvalue weighted by Crippen LogP contribution is -2.08. The fraction of sp³-hybridized carbons (Fsp3) is 0.231. The van der Waals surface area contributed by atoms with Gasteiger partial charge in [-0.25, -0.2) is 18.4 Å². The van der Waals surface area contributed by atoms with Crippen LogP contribution in [0.1, 0.15) is 22.3 Å². The Morgan fingerprint density at radius 1 is 1.24 bits per heavy atom. The summed E-state index contributed by atoms with van der Waals surface area (Å²) >= 11 is 0. The van der Waals surface area contributed by atoms with Gasteiger partial charge in [0.2, 0.25) is 0 Å². The van der Waals surface area contributed by atoms with E-state index in [4.69, 9.17) is 14.6 Å². The summed E-state index contributed by atoms with van der Waals surface area (Å²) < 4.78 is 39.3. The van der Waals surface area contributed by atoms with Crippen molar-refractivity contribution >= 4 is 11.9 Å². The van der Waals surface area contributed by atoms with Crippen molar-refractivity contribution in [3.63, 3.8) is 0 Å². The molecule has 0 spiro atoms. The van der Waals surface area contributed by atoms with Crippen LogP contribution < -0.4 is 4.74 Å². The zero-order chi connectivity index (χ0) is 16.0. The second-order valence-corrected chi connectivity index (χ2v) is 3.65. The number of carbonyl (C=O) groups excluding carboxylic acids is 1. The number of halogens is 2. The molecule has 0 fully saturated rings. The predicted octanol–water partition coefficient (Wildman–Crippen LogP) is 2.36. The van der Waals surface area contributed by atoms with E-state index in [-0.39, 0.29) is 11.7 Å². The molecular weight excluding hydrogens is 290 g/mol. The second kappa shape index (κ2) is 7.22. The average molecular weight is 302 g/mol. The van der Waals surface area contributed by atoms with Crippen molar-refractivity contribution in [3.8, 4) is 5.75 Å². The summed E-state index contributed by atoms with van der Waals surface area (Å²) in [5.41, 5.74) is -0.948. The van der Waals surface area contributed by atoms with Gasteiger partial charge in [0.15, 0.2) is 0 Å². The van der Waals surface area contributed by atoms with Gasteiger partial charge in [0.1, 0.15) is 17.4 Å². The molecule has 0 bridgehead atoms. The maximum atomic E-state index is 12.6. The van der Waals surface area contributed by atoms with Gasteiger partial charge in [-0.05, 0) is 18.2 Å². The molecule has 114 valence electrons. The first-order chi connectivity index (χ1) is 9.88. The molecule has 1 aromatic rings. The Kier molecular flexibility index (Phi) is 5.65. The number of rotatable bonds is 6. The molecule has 0 unspecified atom stereocenters. The highest BCUT2D eigenvalue weighted by atomic mass is 19.3. The van der Waals surface area contributed by atoms with Crippen molar-refractivity contribution in [2.75, 3.05) is 14.2 Å². The molecule has 1 N–H and O–H groups in total. The molecule has 0 aromatic heterocycles. The first-order valence-corrected chi connectivity index (χ1v) is 5.56. The van der Waals surface area contributed by atoms with Crippen LogP contribution in [0.2, 0.25) is 0 Å². The number of methoxy groups -OCH3 is 2. The van der Waals surface area contributed by atoms with Crippen LogP contribution in [0.15, 0.2) is 30.2 Å². The van der Waals surface area contributed by atoms with Gasteiger partial charge < -0.3 is 19.3 Å². The van der Waals surface area contributed by atoms with Crippen LogP contribution in [0.4, 0.5) is 8.78 Å². The molecule has 0 aliphatic rings. The molecule has 0 aliphatic heterocycles. The molecule has 0 aliphatic carbocycles. The Morgan fingerprint density at radius 2 is 1.90 bits per heavy atom. The van der Waals surface area contributed by atoms with Gasteiger partial charge in [-0.15, -0.1) is 0 Å². The zero-order valence-corrected chi connectivity index (χ0v) is 11.1. The number of ether oxygens (including phenoxy) is 3. The Morgan fingerprint density at radius 3 is 2.38 bits per heavy atom. The van der Waals surface area contributed by atoms with Crippen molar-refractivity contribution in [1.29, 1.82) is 0 Å². The van der Waals surface area contributed by atoms with Gasteiger partial charge in [0.25, 0.3) is 12.4 Å². The largest absolute Gasteiger partial charge is 0.478 e. The second-order valence-electron chi connectivity index (χ2n) is 3.65. The Hall–Kier alpha value is -2.64. The molecule has 6 nitrogen and oxygen atoms in total. The molecule has 1 rings (SSSR count). The van der Waals surface area contributed by atoms with E-state index >= 15 is 0 Å². The van der Waals surface area contributed by atoms with Crippen LogP contribution >= 0.6 is 0 Å². The van der Waals surface area contributed by atoms with E-state index in [9.17, 15) is 18.4 Å². The van der Waals surface area contributed by atoms with Gasteiger partial charge in [-0.3, -0.25) is 0 Å². The van der Waals surface area contributed by atoms with Crippen LogP contribution in [0.3, 0.4) is 0 Å². The summed E-state index contributed by atoms with van der Waals surface area (Å²) in [5, 5.41) is 9.01. The maximum absolute atomic E-state index is 12.6. The van der Waals surface area contributed by atoms with Gasteiger partial charge in [-0.1, -0.05) is 0 Å². The third kappa shape index (κ3) is 4.44. The highest BCUT2D eigenvalue weighted by Crippen LogP contribution is 2.27. The van der Waals surface area contributed by atoms with Gasteiger partial charge in [0.05, 0.1) is 14.2 Å². The van der Waals surface area contributed by atoms with E-state index in [0.29, 0.717) is 0 Å². The number of aromatic carboxylic acids is 1. The lowest BCUT2D eigenvalue weighted by Gasteiger charge is -2.11. The number of hydrogen-bond acceptors (Lipinski definition) is 5. The number of carboxylic acid groups (broad SMARTS) is 1. The molecule has 8 heteroatoms. The maximum Gasteiger partial charge on any atom is 0.339 e. The third-order valence-electron chi connectivity index (χ3n) is 2.33. The minimum absolute atomic E-state index is 0.246. The van der Waals surface area contributed by atoms with Crippen molar-refractivity contribution in [2.24, 2.45) is 0 Å². The number of hydrogen-bond donors (Lipinski definition) is 1. The standard InChI is InChI=1S/C13H12F2O6/c1-19-10(16)6-11(20-2)21-9-4-3-7(12(14)15)5-8(9)13(17)18/h3-6,12H,1-2H3,(H,17,18). The molecule has 0 atom stereocenters. The van der Waals surface area contributed by atoms with Crippen molar-refractivity contribution in [1.82, 2.24) is 0 Å². The van der Waals surface area contributed by atoms with Crippen LogP contribution in [0, 0.1) is 0 Å². The topological polar surface area (TPSA) is 82.1 Å². The van der Waals surface area contributed by atoms with Crippen LogP contribution in [0.25, 0.3) is 0 Å². The Labute approximate surface area is 118 Å². The molecule has 0 heterocycles. The van der Waals surface area contributed by atoms with Gasteiger partial charge >= 0.3 is 11.9 Å². The Bertz CT molecular complexity index is 568. The number of esters is 1. The number of alkyl halides is 2. The number of benzene rings is 1. The third-order valence-corrected chi connectivity index (χ3v) is 2.33. The quantitative estimate of drug-likeness (QED) is 0.493. The summed E-state index contributed by atoms with van der Waals surface area (Å²) in [5.74, 6) is -2.83. The summed E-state index contributed by atoms with van der Waals surface area (Å²) in [6.45, 7) is 0. The van der Waals surface area contributed by atoms with Gasteiger partial charge in [0, 0.05) is 5.56 Å². The number of carboxylic acids is 1. The zero-order valence-electron chi connectivity index (χ0n) is 11.1. The van der Waals surface area contributed by atoms with Crippen LogP contribution in [0.5, 0.6) is 5.75 Å². The summed E-state index contributed by atoms with van der Waals surface area (Å²) in [7, 11) is 2.31. The minimum atomic E-state index is -2.82. The van der Waals surface area contributed by atoms with E-state index < -0.39 is 29.5 Å². The van der Waals surface area contributed by atoms with E-state index in [1.807, 2.05) is 0 Å². The lowest BCUT2D eigenvalue weighted by molar-refractivity contribution is -0.135. The molecule has 0 saturated carbocycles. The van der Waals surface area contributed by atoms with Crippen LogP contribution in [-0.4, -0.2) is 31.3 Å². The summed E-state index contributed by atoms with van der Waals surface area (Å²) in [6.07, 6.45) is -1.98. The first kappa shape index (κ1) is 16.4. The Balaban J connectivity index is 3.15. The van der Waals surface area contributed by atoms with Crippen molar-refractivity contribution < 1.29 is 37.7 Å². The lowest BCUT2D eigenvalue weighted by atomic mass is 10.1. The SMILES string of the molecule is COC(=O)C=C(OC)Oc1ccc(C(F)F)cc1C(=O)O. The van der Waals surface area contributed by atoms with Gasteiger partial charge in [-0.2, -0.15) is 0 Å². The van der Waals surface area contributed by atoms with Crippen molar-refractivity contribution in [2.45, 2.75) is 6.43 Å². The van der Waals surface area contributed by atoms with Crippen molar-refractivity contribution in [3.05, 3.63) is 41.3 Å². The van der Waals surface area contributed by atoms with Crippen LogP contribution in [-0.2, 0) is 14.3 Å². The minimum Gasteiger partial charge on any atom is -0.478 e. The summed E-state index contributed by atoms with van der Waals surface area (Å²) in [6, 6.07) is 2.85. The smallest absolute Gasteiger partial charge is 0.339 e. The monoisotopic (exact) mass is 302 g/mol. The fourth-order valence-electron chi connectivity index (χ4n) is 1.33. The molecular formula is C13H12F2O6. The molecule has 21 heavy (non-hydrogen) atoms. The molecule has 0 radical (unpaired) electrons. The highest BCUT2D eigenvalue weighted by molar-refractivity contribution is 5.91. The van der Waals surface area contributed by atoms with E-state index in [2.05, 4.69) is 4.74 Å². The first-order valence-electron chi connectivity index (χ1n) is 5.56. The fourth-order valence-corrected chi connectivity index (χ4v) is 1.33. The molecule has 0 amide bonds. The van der Waals surface area contributed by atoms with E-state index in [1.54, 1.807) is 0 Å². The molecule has 0 saturated heterocycles. The van der Waals surface area contributed by atoms with E-state index in [0.717, 1.165) is 31.4 Å². The number of carbonyl (C=O) groups is 2. The molecule has 1 aromatic carbocycles. The summed E-state index contributed by atoms with van der Waals surface area (Å²) in [4.78, 5) is 22.1. The normalized spacial score (nSPS) is 11.2. The predicted molar refractivity (Wildman–Crippen MR) is 66.1 cm³/mol. The van der Waals surface area contributed by atoms with E-state index in [1.165, 1.54) is 7.11 Å². The average Bonchev–Trinajstić information content (AvgIpc) is 2.45.